The molecule has 1 heterocycles. The molecule has 0 spiro atoms. The Morgan fingerprint density at radius 2 is 2.26 bits per heavy atom. The molecule has 5 heteroatoms. The molecule has 1 saturated carbocycles. The van der Waals surface area contributed by atoms with Crippen molar-refractivity contribution in [3.8, 4) is 0 Å². The molecule has 5 nitrogen and oxygen atoms in total. The van der Waals surface area contributed by atoms with Gasteiger partial charge in [-0.25, -0.2) is 0 Å². The smallest absolute Gasteiger partial charge is 0.289 e. The summed E-state index contributed by atoms with van der Waals surface area (Å²) in [6, 6.07) is 3.51. The van der Waals surface area contributed by atoms with E-state index in [1.54, 1.807) is 19.2 Å². The van der Waals surface area contributed by atoms with Crippen molar-refractivity contribution in [2.24, 2.45) is 5.92 Å². The summed E-state index contributed by atoms with van der Waals surface area (Å²) in [4.78, 5) is 25.1. The van der Waals surface area contributed by atoms with E-state index in [0.717, 1.165) is 19.3 Å². The number of nitrogens with one attached hydrogen (secondary N) is 1. The molecule has 1 aromatic rings. The van der Waals surface area contributed by atoms with Gasteiger partial charge >= 0.3 is 0 Å². The minimum Gasteiger partial charge on any atom is -0.459 e. The summed E-state index contributed by atoms with van der Waals surface area (Å²) in [6.07, 6.45) is 4.66. The molecule has 19 heavy (non-hydrogen) atoms. The average Bonchev–Trinajstić information content (AvgIpc) is 2.99. The molecule has 1 N–H and O–H groups in total. The summed E-state index contributed by atoms with van der Waals surface area (Å²) in [5, 5.41) is 2.98. The van der Waals surface area contributed by atoms with Crippen LogP contribution in [0.3, 0.4) is 0 Å². The van der Waals surface area contributed by atoms with Gasteiger partial charge in [-0.3, -0.25) is 9.59 Å². The molecular formula is C14H20N2O3. The van der Waals surface area contributed by atoms with Gasteiger partial charge in [0.05, 0.1) is 12.8 Å². The maximum atomic E-state index is 11.9. The molecule has 2 unspecified atom stereocenters. The van der Waals surface area contributed by atoms with Crippen LogP contribution in [-0.4, -0.2) is 36.3 Å². The first-order chi connectivity index (χ1) is 9.06. The number of rotatable bonds is 4. The zero-order valence-electron chi connectivity index (χ0n) is 11.4. The van der Waals surface area contributed by atoms with Crippen molar-refractivity contribution in [3.63, 3.8) is 0 Å². The lowest BCUT2D eigenvalue weighted by molar-refractivity contribution is -0.122. The van der Waals surface area contributed by atoms with Gasteiger partial charge in [0.2, 0.25) is 5.91 Å². The second-order valence-corrected chi connectivity index (χ2v) is 5.32. The Balaban J connectivity index is 1.80. The van der Waals surface area contributed by atoms with Crippen molar-refractivity contribution in [2.75, 3.05) is 13.6 Å². The fourth-order valence-electron chi connectivity index (χ4n) is 2.49. The molecule has 0 aliphatic heterocycles. The Labute approximate surface area is 113 Å². The van der Waals surface area contributed by atoms with Gasteiger partial charge in [-0.2, -0.15) is 0 Å². The molecule has 2 rings (SSSR count). The number of carbonyl (C=O) groups is 2. The van der Waals surface area contributed by atoms with Crippen LogP contribution in [0.5, 0.6) is 0 Å². The summed E-state index contributed by atoms with van der Waals surface area (Å²) in [5.41, 5.74) is 0. The second kappa shape index (κ2) is 5.91. The third-order valence-corrected chi connectivity index (χ3v) is 3.52. The van der Waals surface area contributed by atoms with Crippen molar-refractivity contribution < 1.29 is 14.0 Å². The monoisotopic (exact) mass is 264 g/mol. The number of hydrogen-bond donors (Lipinski definition) is 1. The summed E-state index contributed by atoms with van der Waals surface area (Å²) in [5.74, 6) is 0.541. The maximum absolute atomic E-state index is 11.9. The van der Waals surface area contributed by atoms with Gasteiger partial charge in [0.25, 0.3) is 5.91 Å². The highest BCUT2D eigenvalue weighted by Crippen LogP contribution is 2.24. The van der Waals surface area contributed by atoms with E-state index >= 15 is 0 Å². The zero-order chi connectivity index (χ0) is 13.8. The average molecular weight is 264 g/mol. The van der Waals surface area contributed by atoms with Crippen LogP contribution in [0.25, 0.3) is 0 Å². The zero-order valence-corrected chi connectivity index (χ0v) is 11.4. The highest BCUT2D eigenvalue weighted by atomic mass is 16.3. The molecule has 2 atom stereocenters. The van der Waals surface area contributed by atoms with Gasteiger partial charge in [-0.1, -0.05) is 6.92 Å². The third kappa shape index (κ3) is 3.59. The summed E-state index contributed by atoms with van der Waals surface area (Å²) in [7, 11) is 1.60. The van der Waals surface area contributed by atoms with Crippen LogP contribution in [0.15, 0.2) is 22.8 Å². The van der Waals surface area contributed by atoms with Crippen LogP contribution in [-0.2, 0) is 4.79 Å². The molecule has 0 radical (unpaired) electrons. The van der Waals surface area contributed by atoms with Gasteiger partial charge in [0.1, 0.15) is 0 Å². The highest BCUT2D eigenvalue weighted by Gasteiger charge is 2.24. The van der Waals surface area contributed by atoms with E-state index in [9.17, 15) is 9.59 Å². The van der Waals surface area contributed by atoms with Crippen LogP contribution >= 0.6 is 0 Å². The summed E-state index contributed by atoms with van der Waals surface area (Å²) < 4.78 is 5.02. The molecule has 0 saturated heterocycles. The van der Waals surface area contributed by atoms with Crippen LogP contribution in [0.4, 0.5) is 0 Å². The highest BCUT2D eigenvalue weighted by molar-refractivity contribution is 5.94. The first kappa shape index (κ1) is 13.6. The number of carbonyl (C=O) groups excluding carboxylic acids is 2. The maximum Gasteiger partial charge on any atom is 0.289 e. The fourth-order valence-corrected chi connectivity index (χ4v) is 2.49. The Hall–Kier alpha value is -1.78. The molecular weight excluding hydrogens is 244 g/mol. The fraction of sp³-hybridized carbons (Fsp3) is 0.571. The van der Waals surface area contributed by atoms with Crippen molar-refractivity contribution in [3.05, 3.63) is 24.2 Å². The molecule has 1 aliphatic rings. The van der Waals surface area contributed by atoms with Gasteiger partial charge in [0, 0.05) is 13.1 Å². The Kier molecular flexibility index (Phi) is 4.24. The molecule has 1 fully saturated rings. The van der Waals surface area contributed by atoms with Crippen LogP contribution in [0.2, 0.25) is 0 Å². The standard InChI is InChI=1S/C14H20N2O3/c1-10-5-6-11(8-10)15-13(17)9-16(2)14(18)12-4-3-7-19-12/h3-4,7,10-11H,5-6,8-9H2,1-2H3,(H,15,17). The second-order valence-electron chi connectivity index (χ2n) is 5.32. The van der Waals surface area contributed by atoms with E-state index in [4.69, 9.17) is 4.42 Å². The molecule has 0 aromatic carbocycles. The van der Waals surface area contributed by atoms with Crippen LogP contribution in [0.1, 0.15) is 36.7 Å². The SMILES string of the molecule is CC1CCC(NC(=O)CN(C)C(=O)c2ccco2)C1. The lowest BCUT2D eigenvalue weighted by atomic mass is 10.1. The normalized spacial score (nSPS) is 22.2. The van der Waals surface area contributed by atoms with Gasteiger partial charge in [0.15, 0.2) is 5.76 Å². The number of nitrogens with zero attached hydrogens (tertiary/aromatic N) is 1. The summed E-state index contributed by atoms with van der Waals surface area (Å²) in [6.45, 7) is 2.25. The van der Waals surface area contributed by atoms with E-state index in [0.29, 0.717) is 5.92 Å². The minimum atomic E-state index is -0.278. The number of amides is 2. The van der Waals surface area contributed by atoms with Crippen molar-refractivity contribution >= 4 is 11.8 Å². The lowest BCUT2D eigenvalue weighted by Crippen LogP contribution is -2.41. The van der Waals surface area contributed by atoms with E-state index in [1.165, 1.54) is 11.2 Å². The number of furan rings is 1. The van der Waals surface area contributed by atoms with Gasteiger partial charge in [-0.15, -0.1) is 0 Å². The predicted molar refractivity (Wildman–Crippen MR) is 70.6 cm³/mol. The first-order valence-corrected chi connectivity index (χ1v) is 6.64. The molecule has 1 aliphatic carbocycles. The molecule has 1 aromatic heterocycles. The quantitative estimate of drug-likeness (QED) is 0.899. The lowest BCUT2D eigenvalue weighted by Gasteiger charge is -2.18. The van der Waals surface area contributed by atoms with E-state index in [2.05, 4.69) is 12.2 Å². The molecule has 2 amide bonds. The Morgan fingerprint density at radius 3 is 2.84 bits per heavy atom. The third-order valence-electron chi connectivity index (χ3n) is 3.52. The predicted octanol–water partition coefficient (Wildman–Crippen LogP) is 1.66. The van der Waals surface area contributed by atoms with Crippen molar-refractivity contribution in [1.82, 2.24) is 10.2 Å². The molecule has 0 bridgehead atoms. The largest absolute Gasteiger partial charge is 0.459 e. The van der Waals surface area contributed by atoms with Gasteiger partial charge < -0.3 is 14.6 Å². The number of likely N-dealkylation sites (N-methyl/N-ethyl adjacent to an activating group) is 1. The molecule has 104 valence electrons. The van der Waals surface area contributed by atoms with Crippen LogP contribution < -0.4 is 5.32 Å². The first-order valence-electron chi connectivity index (χ1n) is 6.64. The minimum absolute atomic E-state index is 0.0599. The van der Waals surface area contributed by atoms with Crippen molar-refractivity contribution in [1.29, 1.82) is 0 Å². The topological polar surface area (TPSA) is 62.6 Å². The summed E-state index contributed by atoms with van der Waals surface area (Å²) >= 11 is 0. The van der Waals surface area contributed by atoms with Gasteiger partial charge in [-0.05, 0) is 37.3 Å². The van der Waals surface area contributed by atoms with Crippen molar-refractivity contribution in [2.45, 2.75) is 32.2 Å². The van der Waals surface area contributed by atoms with Crippen LogP contribution in [0, 0.1) is 5.92 Å². The van der Waals surface area contributed by atoms with E-state index in [-0.39, 0.29) is 30.2 Å². The van der Waals surface area contributed by atoms with E-state index < -0.39 is 0 Å². The Morgan fingerprint density at radius 1 is 1.47 bits per heavy atom. The number of hydrogen-bond acceptors (Lipinski definition) is 3. The Bertz CT molecular complexity index is 442. The van der Waals surface area contributed by atoms with E-state index in [1.807, 2.05) is 0 Å².